The number of benzene rings is 1. The third kappa shape index (κ3) is 4.97. The second-order valence-electron chi connectivity index (χ2n) is 8.38. The summed E-state index contributed by atoms with van der Waals surface area (Å²) in [5.41, 5.74) is 3.03. The third-order valence-corrected chi connectivity index (χ3v) is 7.06. The van der Waals surface area contributed by atoms with Crippen LogP contribution >= 0.6 is 11.8 Å². The van der Waals surface area contributed by atoms with Gasteiger partial charge in [-0.25, -0.2) is 9.97 Å². The molecule has 0 N–H and O–H groups in total. The Kier molecular flexibility index (Phi) is 6.93. The fraction of sp³-hybridized carbons (Fsp3) is 0.542. The molecule has 0 radical (unpaired) electrons. The third-order valence-electron chi connectivity index (χ3n) is 6.14. The molecular formula is C24H32N4OS. The highest BCUT2D eigenvalue weighted by Gasteiger charge is 2.21. The van der Waals surface area contributed by atoms with Gasteiger partial charge in [0, 0.05) is 48.8 Å². The summed E-state index contributed by atoms with van der Waals surface area (Å²) in [6, 6.07) is 10.7. The van der Waals surface area contributed by atoms with E-state index in [1.807, 2.05) is 23.1 Å². The van der Waals surface area contributed by atoms with E-state index in [0.29, 0.717) is 6.04 Å². The summed E-state index contributed by atoms with van der Waals surface area (Å²) >= 11 is 1.66. The zero-order valence-electron chi connectivity index (χ0n) is 18.1. The van der Waals surface area contributed by atoms with Crippen molar-refractivity contribution in [3.05, 3.63) is 47.2 Å². The van der Waals surface area contributed by atoms with E-state index in [1.54, 1.807) is 11.8 Å². The lowest BCUT2D eigenvalue weighted by atomic mass is 10.0. The van der Waals surface area contributed by atoms with Crippen LogP contribution in [0, 0.1) is 0 Å². The normalized spacial score (nSPS) is 19.3. The molecule has 2 saturated heterocycles. The number of anilines is 1. The van der Waals surface area contributed by atoms with Crippen LogP contribution in [0.4, 0.5) is 5.82 Å². The van der Waals surface area contributed by atoms with Crippen molar-refractivity contribution in [3.8, 4) is 0 Å². The summed E-state index contributed by atoms with van der Waals surface area (Å²) in [6.45, 7) is 7.28. The predicted octanol–water partition coefficient (Wildman–Crippen LogP) is 4.95. The molecule has 2 aliphatic rings. The van der Waals surface area contributed by atoms with Crippen LogP contribution in [-0.2, 0) is 12.2 Å². The molecule has 1 aromatic carbocycles. The molecule has 30 heavy (non-hydrogen) atoms. The standard InChI is InChI=1S/C24H32N4OS/c1-3-21-16-22(28-14-5-4-9-18(28)2)26-24(25-21)30-17-19-10-8-11-20(15-19)23(29)27-12-6-7-13-27/h8,10-11,15-16,18H,3-7,9,12-14,17H2,1-2H3/t18-/m0/s1. The van der Waals surface area contributed by atoms with Gasteiger partial charge in [0.15, 0.2) is 5.16 Å². The van der Waals surface area contributed by atoms with Crippen LogP contribution in [0.5, 0.6) is 0 Å². The molecule has 5 nitrogen and oxygen atoms in total. The van der Waals surface area contributed by atoms with Crippen molar-refractivity contribution >= 4 is 23.5 Å². The largest absolute Gasteiger partial charge is 0.354 e. The van der Waals surface area contributed by atoms with E-state index in [2.05, 4.69) is 30.9 Å². The van der Waals surface area contributed by atoms with E-state index in [0.717, 1.165) is 72.4 Å². The molecule has 6 heteroatoms. The van der Waals surface area contributed by atoms with Crippen molar-refractivity contribution in [1.29, 1.82) is 0 Å². The average molecular weight is 425 g/mol. The zero-order valence-corrected chi connectivity index (χ0v) is 19.0. The van der Waals surface area contributed by atoms with E-state index >= 15 is 0 Å². The van der Waals surface area contributed by atoms with Crippen LogP contribution in [-0.4, -0.2) is 46.5 Å². The lowest BCUT2D eigenvalue weighted by Crippen LogP contribution is -2.38. The summed E-state index contributed by atoms with van der Waals surface area (Å²) in [7, 11) is 0. The highest BCUT2D eigenvalue weighted by Crippen LogP contribution is 2.27. The number of aryl methyl sites for hydroxylation is 1. The molecule has 2 fully saturated rings. The van der Waals surface area contributed by atoms with Gasteiger partial charge in [0.05, 0.1) is 0 Å². The maximum atomic E-state index is 12.7. The summed E-state index contributed by atoms with van der Waals surface area (Å²) in [5.74, 6) is 1.99. The number of piperidine rings is 1. The van der Waals surface area contributed by atoms with Crippen LogP contribution in [0.2, 0.25) is 0 Å². The fourth-order valence-electron chi connectivity index (χ4n) is 4.34. The van der Waals surface area contributed by atoms with Crippen LogP contribution in [0.3, 0.4) is 0 Å². The lowest BCUT2D eigenvalue weighted by molar-refractivity contribution is 0.0792. The minimum atomic E-state index is 0.157. The number of carbonyl (C=O) groups excluding carboxylic acids is 1. The van der Waals surface area contributed by atoms with Gasteiger partial charge in [0.2, 0.25) is 0 Å². The number of nitrogens with zero attached hydrogens (tertiary/aromatic N) is 4. The molecule has 2 aliphatic heterocycles. The van der Waals surface area contributed by atoms with Gasteiger partial charge in [-0.15, -0.1) is 0 Å². The quantitative estimate of drug-likeness (QED) is 0.485. The SMILES string of the molecule is CCc1cc(N2CCCC[C@@H]2C)nc(SCc2cccc(C(=O)N3CCCC3)c2)n1. The Morgan fingerprint density at radius 3 is 2.67 bits per heavy atom. The summed E-state index contributed by atoms with van der Waals surface area (Å²) in [4.78, 5) is 26.7. The van der Waals surface area contributed by atoms with Gasteiger partial charge in [-0.1, -0.05) is 30.8 Å². The van der Waals surface area contributed by atoms with E-state index < -0.39 is 0 Å². The first-order valence-corrected chi connectivity index (χ1v) is 12.3. The first-order valence-electron chi connectivity index (χ1n) is 11.3. The summed E-state index contributed by atoms with van der Waals surface area (Å²) in [6.07, 6.45) is 6.90. The van der Waals surface area contributed by atoms with Crippen molar-refractivity contribution in [2.24, 2.45) is 0 Å². The summed E-state index contributed by atoms with van der Waals surface area (Å²) in [5, 5.41) is 0.832. The molecule has 3 heterocycles. The fourth-order valence-corrected chi connectivity index (χ4v) is 5.15. The van der Waals surface area contributed by atoms with E-state index in [1.165, 1.54) is 19.3 Å². The Morgan fingerprint density at radius 2 is 1.90 bits per heavy atom. The Morgan fingerprint density at radius 1 is 1.10 bits per heavy atom. The maximum Gasteiger partial charge on any atom is 0.253 e. The molecule has 1 atom stereocenters. The van der Waals surface area contributed by atoms with Gasteiger partial charge in [-0.05, 0) is 63.1 Å². The molecule has 4 rings (SSSR count). The van der Waals surface area contributed by atoms with Gasteiger partial charge in [-0.3, -0.25) is 4.79 Å². The number of hydrogen-bond donors (Lipinski definition) is 0. The maximum absolute atomic E-state index is 12.7. The van der Waals surface area contributed by atoms with Gasteiger partial charge >= 0.3 is 0 Å². The number of aromatic nitrogens is 2. The molecule has 0 aliphatic carbocycles. The first kappa shape index (κ1) is 21.2. The molecule has 160 valence electrons. The molecule has 1 aromatic heterocycles. The van der Waals surface area contributed by atoms with E-state index in [-0.39, 0.29) is 5.91 Å². The Balaban J connectivity index is 1.47. The number of likely N-dealkylation sites (tertiary alicyclic amines) is 1. The number of rotatable bonds is 6. The van der Waals surface area contributed by atoms with Gasteiger partial charge in [0.1, 0.15) is 5.82 Å². The minimum Gasteiger partial charge on any atom is -0.354 e. The zero-order chi connectivity index (χ0) is 20.9. The number of hydrogen-bond acceptors (Lipinski definition) is 5. The Labute approximate surface area is 184 Å². The second kappa shape index (κ2) is 9.82. The topological polar surface area (TPSA) is 49.3 Å². The minimum absolute atomic E-state index is 0.157. The predicted molar refractivity (Wildman–Crippen MR) is 123 cm³/mol. The van der Waals surface area contributed by atoms with Crippen LogP contribution in [0.1, 0.15) is 67.6 Å². The summed E-state index contributed by atoms with van der Waals surface area (Å²) < 4.78 is 0. The van der Waals surface area contributed by atoms with Crippen molar-refractivity contribution in [3.63, 3.8) is 0 Å². The first-order chi connectivity index (χ1) is 14.6. The number of thioether (sulfide) groups is 1. The molecule has 0 saturated carbocycles. The molecule has 0 bridgehead atoms. The van der Waals surface area contributed by atoms with Crippen molar-refractivity contribution < 1.29 is 4.79 Å². The Hall–Kier alpha value is -2.08. The van der Waals surface area contributed by atoms with Crippen molar-refractivity contribution in [2.75, 3.05) is 24.5 Å². The van der Waals surface area contributed by atoms with E-state index in [4.69, 9.17) is 9.97 Å². The van der Waals surface area contributed by atoms with Gasteiger partial charge in [0.25, 0.3) is 5.91 Å². The lowest BCUT2D eigenvalue weighted by Gasteiger charge is -2.34. The monoisotopic (exact) mass is 424 g/mol. The molecule has 0 unspecified atom stereocenters. The van der Waals surface area contributed by atoms with Crippen LogP contribution < -0.4 is 4.90 Å². The second-order valence-corrected chi connectivity index (χ2v) is 9.32. The molecule has 2 aromatic rings. The molecule has 0 spiro atoms. The van der Waals surface area contributed by atoms with Crippen molar-refractivity contribution in [1.82, 2.24) is 14.9 Å². The number of carbonyl (C=O) groups is 1. The van der Waals surface area contributed by atoms with Crippen LogP contribution in [0.15, 0.2) is 35.5 Å². The highest BCUT2D eigenvalue weighted by atomic mass is 32.2. The average Bonchev–Trinajstić information content (AvgIpc) is 3.32. The smallest absolute Gasteiger partial charge is 0.253 e. The van der Waals surface area contributed by atoms with E-state index in [9.17, 15) is 4.79 Å². The number of amides is 1. The van der Waals surface area contributed by atoms with Crippen LogP contribution in [0.25, 0.3) is 0 Å². The highest BCUT2D eigenvalue weighted by molar-refractivity contribution is 7.98. The van der Waals surface area contributed by atoms with Gasteiger partial charge in [-0.2, -0.15) is 0 Å². The molecular weight excluding hydrogens is 392 g/mol. The van der Waals surface area contributed by atoms with Gasteiger partial charge < -0.3 is 9.80 Å². The van der Waals surface area contributed by atoms with Crippen molar-refractivity contribution in [2.45, 2.75) is 69.3 Å². The molecule has 1 amide bonds. The Bertz CT molecular complexity index is 881.